The van der Waals surface area contributed by atoms with Crippen molar-refractivity contribution in [2.75, 3.05) is 12.0 Å². The van der Waals surface area contributed by atoms with Crippen LogP contribution >= 0.6 is 0 Å². The van der Waals surface area contributed by atoms with Gasteiger partial charge in [0.25, 0.3) is 0 Å². The third-order valence-corrected chi connectivity index (χ3v) is 6.48. The molecule has 1 aromatic heterocycles. The summed E-state index contributed by atoms with van der Waals surface area (Å²) in [7, 11) is 1.63. The van der Waals surface area contributed by atoms with Crippen molar-refractivity contribution in [3.63, 3.8) is 0 Å². The molecule has 4 rings (SSSR count). The second kappa shape index (κ2) is 11.0. The van der Waals surface area contributed by atoms with Gasteiger partial charge < -0.3 is 9.84 Å². The van der Waals surface area contributed by atoms with E-state index in [0.29, 0.717) is 22.2 Å². The molecule has 3 aromatic carbocycles. The first-order chi connectivity index (χ1) is 18.5. The highest BCUT2D eigenvalue weighted by atomic mass is 16.5. The average Bonchev–Trinajstić information content (AvgIpc) is 2.89. The number of carbonyl (C=O) groups is 2. The van der Waals surface area contributed by atoms with Crippen molar-refractivity contribution in [1.29, 1.82) is 5.26 Å². The standard InChI is InChI=1S/C32H31N3O4/c1-20-14-22(8-11-28(20)39-5)26-9-6-21(15-25(26)18-33)19-35(29(36)17-32(2,3)4)30-27-10-7-24(31(37)38)16-23(27)12-13-34-30/h6-16H,17,19H2,1-5H3,(H,37,38). The van der Waals surface area contributed by atoms with Crippen LogP contribution in [0.2, 0.25) is 0 Å². The summed E-state index contributed by atoms with van der Waals surface area (Å²) >= 11 is 0. The van der Waals surface area contributed by atoms with Crippen molar-refractivity contribution < 1.29 is 19.4 Å². The molecule has 4 aromatic rings. The molecule has 39 heavy (non-hydrogen) atoms. The lowest BCUT2D eigenvalue weighted by Gasteiger charge is -2.27. The molecule has 0 saturated carbocycles. The quantitative estimate of drug-likeness (QED) is 0.288. The first-order valence-corrected chi connectivity index (χ1v) is 12.6. The Balaban J connectivity index is 1.77. The van der Waals surface area contributed by atoms with Gasteiger partial charge in [-0.25, -0.2) is 9.78 Å². The molecule has 0 aliphatic rings. The van der Waals surface area contributed by atoms with Crippen molar-refractivity contribution in [1.82, 2.24) is 4.98 Å². The lowest BCUT2D eigenvalue weighted by Crippen LogP contribution is -2.34. The van der Waals surface area contributed by atoms with E-state index < -0.39 is 5.97 Å². The van der Waals surface area contributed by atoms with E-state index in [1.165, 1.54) is 6.07 Å². The number of methoxy groups -OCH3 is 1. The number of fused-ring (bicyclic) bond motifs is 1. The van der Waals surface area contributed by atoms with Crippen LogP contribution in [0, 0.1) is 23.7 Å². The second-order valence-corrected chi connectivity index (χ2v) is 10.8. The van der Waals surface area contributed by atoms with E-state index >= 15 is 0 Å². The Morgan fingerprint density at radius 3 is 2.46 bits per heavy atom. The van der Waals surface area contributed by atoms with Crippen molar-refractivity contribution in [2.24, 2.45) is 5.41 Å². The minimum Gasteiger partial charge on any atom is -0.496 e. The Bertz CT molecular complexity index is 1610. The summed E-state index contributed by atoms with van der Waals surface area (Å²) in [5.74, 6) is 0.0947. The van der Waals surface area contributed by atoms with Gasteiger partial charge in [-0.05, 0) is 82.4 Å². The zero-order chi connectivity index (χ0) is 28.3. The summed E-state index contributed by atoms with van der Waals surface area (Å²) < 4.78 is 5.37. The third-order valence-electron chi connectivity index (χ3n) is 6.48. The normalized spacial score (nSPS) is 11.2. The number of nitrogens with zero attached hydrogens (tertiary/aromatic N) is 3. The number of rotatable bonds is 7. The topological polar surface area (TPSA) is 104 Å². The Labute approximate surface area is 228 Å². The maximum absolute atomic E-state index is 13.6. The fraction of sp³-hybridized carbons (Fsp3) is 0.250. The molecule has 1 amide bonds. The number of pyridine rings is 1. The van der Waals surface area contributed by atoms with E-state index in [4.69, 9.17) is 4.74 Å². The molecule has 1 N–H and O–H groups in total. The molecule has 0 aliphatic heterocycles. The number of anilines is 1. The summed E-state index contributed by atoms with van der Waals surface area (Å²) in [6.45, 7) is 8.16. The van der Waals surface area contributed by atoms with Gasteiger partial charge in [0.15, 0.2) is 0 Å². The lowest BCUT2D eigenvalue weighted by molar-refractivity contribution is -0.120. The van der Waals surface area contributed by atoms with Gasteiger partial charge in [-0.2, -0.15) is 5.26 Å². The fourth-order valence-corrected chi connectivity index (χ4v) is 4.60. The van der Waals surface area contributed by atoms with Crippen LogP contribution < -0.4 is 9.64 Å². The van der Waals surface area contributed by atoms with Crippen LogP contribution in [0.25, 0.3) is 21.9 Å². The number of carbonyl (C=O) groups excluding carboxylic acids is 1. The lowest BCUT2D eigenvalue weighted by atomic mass is 9.91. The van der Waals surface area contributed by atoms with E-state index in [0.717, 1.165) is 28.0 Å². The van der Waals surface area contributed by atoms with Crippen LogP contribution in [0.5, 0.6) is 5.75 Å². The zero-order valence-electron chi connectivity index (χ0n) is 22.8. The Morgan fingerprint density at radius 2 is 1.82 bits per heavy atom. The van der Waals surface area contributed by atoms with Crippen LogP contribution in [-0.4, -0.2) is 29.1 Å². The fourth-order valence-electron chi connectivity index (χ4n) is 4.60. The van der Waals surface area contributed by atoms with Crippen LogP contribution in [0.1, 0.15) is 54.2 Å². The highest BCUT2D eigenvalue weighted by Gasteiger charge is 2.25. The van der Waals surface area contributed by atoms with Gasteiger partial charge in [-0.3, -0.25) is 9.69 Å². The van der Waals surface area contributed by atoms with Gasteiger partial charge >= 0.3 is 5.97 Å². The third kappa shape index (κ3) is 6.07. The van der Waals surface area contributed by atoms with Gasteiger partial charge in [-0.15, -0.1) is 0 Å². The van der Waals surface area contributed by atoms with Crippen LogP contribution in [0.15, 0.2) is 66.9 Å². The maximum atomic E-state index is 13.6. The number of carboxylic acids is 1. The molecule has 0 unspecified atom stereocenters. The predicted molar refractivity (Wildman–Crippen MR) is 152 cm³/mol. The summed E-state index contributed by atoms with van der Waals surface area (Å²) in [6, 6.07) is 20.2. The Hall–Kier alpha value is -4.70. The number of hydrogen-bond donors (Lipinski definition) is 1. The van der Waals surface area contributed by atoms with Crippen LogP contribution in [-0.2, 0) is 11.3 Å². The van der Waals surface area contributed by atoms with Crippen molar-refractivity contribution in [3.05, 3.63) is 89.1 Å². The largest absolute Gasteiger partial charge is 0.496 e. The van der Waals surface area contributed by atoms with Gasteiger partial charge in [0.1, 0.15) is 11.6 Å². The van der Waals surface area contributed by atoms with Gasteiger partial charge in [0.2, 0.25) is 5.91 Å². The van der Waals surface area contributed by atoms with Crippen molar-refractivity contribution >= 4 is 28.5 Å². The SMILES string of the molecule is COc1ccc(-c2ccc(CN(C(=O)CC(C)(C)C)c3nccc4cc(C(=O)O)ccc34)cc2C#N)cc1C. The van der Waals surface area contributed by atoms with Gasteiger partial charge in [-0.1, -0.05) is 39.0 Å². The van der Waals surface area contributed by atoms with Crippen molar-refractivity contribution in [3.8, 4) is 22.9 Å². The first-order valence-electron chi connectivity index (χ1n) is 12.6. The molecular formula is C32H31N3O4. The highest BCUT2D eigenvalue weighted by molar-refractivity contribution is 6.04. The highest BCUT2D eigenvalue weighted by Crippen LogP contribution is 2.32. The number of hydrogen-bond acceptors (Lipinski definition) is 5. The molecule has 1 heterocycles. The minimum absolute atomic E-state index is 0.113. The molecule has 198 valence electrons. The number of nitriles is 1. The molecule has 0 saturated heterocycles. The van der Waals surface area contributed by atoms with Crippen LogP contribution in [0.4, 0.5) is 5.82 Å². The smallest absolute Gasteiger partial charge is 0.335 e. The molecule has 7 heteroatoms. The molecule has 0 radical (unpaired) electrons. The molecule has 0 aliphatic carbocycles. The summed E-state index contributed by atoms with van der Waals surface area (Å²) in [4.78, 5) is 31.3. The van der Waals surface area contributed by atoms with E-state index in [2.05, 4.69) is 11.1 Å². The van der Waals surface area contributed by atoms with E-state index in [-0.39, 0.29) is 29.9 Å². The number of aryl methyl sites for hydroxylation is 1. The number of carboxylic acid groups (broad SMARTS) is 1. The maximum Gasteiger partial charge on any atom is 0.335 e. The first kappa shape index (κ1) is 27.3. The summed E-state index contributed by atoms with van der Waals surface area (Å²) in [5.41, 5.74) is 3.85. The number of ether oxygens (including phenoxy) is 1. The molecule has 0 spiro atoms. The van der Waals surface area contributed by atoms with E-state index in [1.807, 2.05) is 58.0 Å². The molecule has 0 bridgehead atoms. The van der Waals surface area contributed by atoms with Crippen LogP contribution in [0.3, 0.4) is 0 Å². The summed E-state index contributed by atoms with van der Waals surface area (Å²) in [6.07, 6.45) is 1.86. The average molecular weight is 522 g/mol. The number of aromatic carboxylic acids is 1. The monoisotopic (exact) mass is 521 g/mol. The van der Waals surface area contributed by atoms with Gasteiger partial charge in [0, 0.05) is 18.0 Å². The number of aromatic nitrogens is 1. The number of amides is 1. The predicted octanol–water partition coefficient (Wildman–Crippen LogP) is 6.76. The minimum atomic E-state index is -1.02. The summed E-state index contributed by atoms with van der Waals surface area (Å²) in [5, 5.41) is 20.8. The zero-order valence-corrected chi connectivity index (χ0v) is 22.8. The Morgan fingerprint density at radius 1 is 1.05 bits per heavy atom. The van der Waals surface area contributed by atoms with Crippen molar-refractivity contribution in [2.45, 2.75) is 40.7 Å². The van der Waals surface area contributed by atoms with E-state index in [9.17, 15) is 20.0 Å². The molecule has 7 nitrogen and oxygen atoms in total. The molecular weight excluding hydrogens is 490 g/mol. The second-order valence-electron chi connectivity index (χ2n) is 10.8. The number of benzene rings is 3. The van der Waals surface area contributed by atoms with Gasteiger partial charge in [0.05, 0.1) is 30.9 Å². The Kier molecular flexibility index (Phi) is 7.68. The molecule has 0 fully saturated rings. The van der Waals surface area contributed by atoms with E-state index in [1.54, 1.807) is 42.5 Å². The molecule has 0 atom stereocenters.